The smallest absolute Gasteiger partial charge is 0.134 e. The summed E-state index contributed by atoms with van der Waals surface area (Å²) in [6.07, 6.45) is 5.29. The van der Waals surface area contributed by atoms with Crippen LogP contribution in [-0.2, 0) is 12.8 Å². The van der Waals surface area contributed by atoms with Crippen LogP contribution in [0.15, 0.2) is 54.9 Å². The number of nitrogens with zero attached hydrogens (tertiary/aromatic N) is 3. The fourth-order valence-corrected chi connectivity index (χ4v) is 4.07. The number of benzene rings is 2. The minimum atomic E-state index is 0.0257. The second kappa shape index (κ2) is 5.99. The molecule has 0 unspecified atom stereocenters. The van der Waals surface area contributed by atoms with Crippen LogP contribution in [0.25, 0.3) is 22.2 Å². The van der Waals surface area contributed by atoms with Crippen LogP contribution in [0.1, 0.15) is 17.2 Å². The van der Waals surface area contributed by atoms with E-state index in [0.717, 1.165) is 35.0 Å². The van der Waals surface area contributed by atoms with Crippen molar-refractivity contribution in [3.63, 3.8) is 0 Å². The first-order valence-electron chi connectivity index (χ1n) is 8.79. The summed E-state index contributed by atoms with van der Waals surface area (Å²) in [6.45, 7) is 0. The lowest BCUT2D eigenvalue weighted by Crippen LogP contribution is -2.10. The fraction of sp³-hybridized carbons (Fsp3) is 0.143. The van der Waals surface area contributed by atoms with Gasteiger partial charge in [0.25, 0.3) is 0 Å². The lowest BCUT2D eigenvalue weighted by atomic mass is 10.1. The summed E-state index contributed by atoms with van der Waals surface area (Å²) < 4.78 is 2.03. The molecular formula is C21H17ClN4O. The van der Waals surface area contributed by atoms with Gasteiger partial charge in [-0.25, -0.2) is 0 Å². The Bertz CT molecular complexity index is 1160. The third-order valence-electron chi connectivity index (χ3n) is 5.24. The van der Waals surface area contributed by atoms with Gasteiger partial charge in [0.2, 0.25) is 0 Å². The van der Waals surface area contributed by atoms with Crippen LogP contribution in [0.4, 0.5) is 5.69 Å². The van der Waals surface area contributed by atoms with E-state index in [1.807, 2.05) is 10.7 Å². The van der Waals surface area contributed by atoms with E-state index in [1.54, 1.807) is 24.5 Å². The van der Waals surface area contributed by atoms with E-state index in [0.29, 0.717) is 10.7 Å². The van der Waals surface area contributed by atoms with Crippen molar-refractivity contribution >= 4 is 28.2 Å². The number of aromatic hydroxyl groups is 1. The molecule has 5 nitrogen and oxygen atoms in total. The Morgan fingerprint density at radius 1 is 1.07 bits per heavy atom. The van der Waals surface area contributed by atoms with Crippen LogP contribution in [0.3, 0.4) is 0 Å². The zero-order valence-electron chi connectivity index (χ0n) is 14.4. The average Bonchev–Trinajstić information content (AvgIpc) is 3.26. The second-order valence-corrected chi connectivity index (χ2v) is 7.32. The molecule has 0 fully saturated rings. The minimum absolute atomic E-state index is 0.0257. The number of halogens is 1. The van der Waals surface area contributed by atoms with Gasteiger partial charge in [-0.1, -0.05) is 41.9 Å². The number of phenolic OH excluding ortho intramolecular Hbond substituents is 1. The Morgan fingerprint density at radius 3 is 2.52 bits per heavy atom. The molecule has 0 saturated heterocycles. The quantitative estimate of drug-likeness (QED) is 0.544. The number of phenols is 1. The van der Waals surface area contributed by atoms with E-state index in [1.165, 1.54) is 11.1 Å². The lowest BCUT2D eigenvalue weighted by molar-refractivity contribution is 0.475. The molecule has 134 valence electrons. The summed E-state index contributed by atoms with van der Waals surface area (Å²) in [7, 11) is 0. The Kier molecular flexibility index (Phi) is 3.58. The van der Waals surface area contributed by atoms with Gasteiger partial charge in [0.1, 0.15) is 11.4 Å². The molecule has 5 rings (SSSR count). The van der Waals surface area contributed by atoms with Crippen LogP contribution in [0.5, 0.6) is 5.75 Å². The first-order valence-corrected chi connectivity index (χ1v) is 9.17. The van der Waals surface area contributed by atoms with Crippen molar-refractivity contribution in [3.8, 4) is 17.0 Å². The molecule has 1 aliphatic rings. The molecule has 6 heteroatoms. The predicted octanol–water partition coefficient (Wildman–Crippen LogP) is 4.38. The Morgan fingerprint density at radius 2 is 1.81 bits per heavy atom. The summed E-state index contributed by atoms with van der Waals surface area (Å²) in [6, 6.07) is 13.8. The van der Waals surface area contributed by atoms with E-state index >= 15 is 0 Å². The molecule has 27 heavy (non-hydrogen) atoms. The van der Waals surface area contributed by atoms with Gasteiger partial charge < -0.3 is 10.8 Å². The number of hydrogen-bond donors (Lipinski definition) is 2. The SMILES string of the molecule is Nc1cncc2c1c(-c1ccc(Cl)c(O)c1)nn2C1Cc2ccccc2C1. The van der Waals surface area contributed by atoms with Crippen molar-refractivity contribution in [2.45, 2.75) is 18.9 Å². The average molecular weight is 377 g/mol. The molecule has 4 aromatic rings. The number of nitrogens with two attached hydrogens (primary N) is 1. The van der Waals surface area contributed by atoms with Gasteiger partial charge in [-0.3, -0.25) is 9.67 Å². The maximum absolute atomic E-state index is 10.0. The molecule has 1 aliphatic carbocycles. The molecular weight excluding hydrogens is 360 g/mol. The summed E-state index contributed by atoms with van der Waals surface area (Å²) in [4.78, 5) is 4.28. The van der Waals surface area contributed by atoms with Crippen LogP contribution >= 0.6 is 11.6 Å². The zero-order valence-corrected chi connectivity index (χ0v) is 15.2. The summed E-state index contributed by atoms with van der Waals surface area (Å²) in [5.41, 5.74) is 11.9. The van der Waals surface area contributed by atoms with E-state index in [-0.39, 0.29) is 11.8 Å². The maximum Gasteiger partial charge on any atom is 0.134 e. The van der Waals surface area contributed by atoms with Crippen molar-refractivity contribution < 1.29 is 5.11 Å². The molecule has 2 aromatic heterocycles. The number of rotatable bonds is 2. The first kappa shape index (κ1) is 16.1. The first-order chi connectivity index (χ1) is 13.1. The van der Waals surface area contributed by atoms with Gasteiger partial charge in [0.15, 0.2) is 0 Å². The van der Waals surface area contributed by atoms with Gasteiger partial charge >= 0.3 is 0 Å². The van der Waals surface area contributed by atoms with E-state index in [4.69, 9.17) is 22.4 Å². The molecule has 0 saturated carbocycles. The van der Waals surface area contributed by atoms with E-state index in [2.05, 4.69) is 29.2 Å². The maximum atomic E-state index is 10.0. The Hall–Kier alpha value is -3.05. The van der Waals surface area contributed by atoms with E-state index in [9.17, 15) is 5.11 Å². The second-order valence-electron chi connectivity index (χ2n) is 6.91. The molecule has 2 aromatic carbocycles. The van der Waals surface area contributed by atoms with Crippen LogP contribution in [0, 0.1) is 0 Å². The number of hydrogen-bond acceptors (Lipinski definition) is 4. The van der Waals surface area contributed by atoms with E-state index < -0.39 is 0 Å². The Labute approximate surface area is 161 Å². The summed E-state index contributed by atoms with van der Waals surface area (Å²) in [5, 5.41) is 16.1. The molecule has 3 N–H and O–H groups in total. The van der Waals surface area contributed by atoms with Crippen LogP contribution < -0.4 is 5.73 Å². The van der Waals surface area contributed by atoms with Crippen LogP contribution in [0.2, 0.25) is 5.02 Å². The standard InChI is InChI=1S/C21H17ClN4O/c22-16-6-5-14(9-19(16)27)21-20-17(23)10-24-11-18(20)26(25-21)15-7-12-3-1-2-4-13(12)8-15/h1-6,9-11,15,27H,7-8,23H2. The lowest BCUT2D eigenvalue weighted by Gasteiger charge is -2.11. The molecule has 0 aliphatic heterocycles. The van der Waals surface area contributed by atoms with Crippen molar-refractivity contribution in [2.75, 3.05) is 5.73 Å². The molecule has 0 bridgehead atoms. The molecule has 0 spiro atoms. The minimum Gasteiger partial charge on any atom is -0.506 e. The third-order valence-corrected chi connectivity index (χ3v) is 5.56. The Balaban J connectivity index is 1.69. The van der Waals surface area contributed by atoms with Crippen molar-refractivity contribution in [1.82, 2.24) is 14.8 Å². The number of fused-ring (bicyclic) bond motifs is 2. The molecule has 0 atom stereocenters. The molecule has 2 heterocycles. The van der Waals surface area contributed by atoms with Gasteiger partial charge in [0.05, 0.1) is 40.0 Å². The highest BCUT2D eigenvalue weighted by Crippen LogP contribution is 2.38. The largest absolute Gasteiger partial charge is 0.506 e. The van der Waals surface area contributed by atoms with Gasteiger partial charge in [-0.15, -0.1) is 0 Å². The third kappa shape index (κ3) is 2.54. The highest BCUT2D eigenvalue weighted by molar-refractivity contribution is 6.32. The van der Waals surface area contributed by atoms with Crippen molar-refractivity contribution in [3.05, 3.63) is 71.0 Å². The highest BCUT2D eigenvalue weighted by atomic mass is 35.5. The predicted molar refractivity (Wildman–Crippen MR) is 107 cm³/mol. The summed E-state index contributed by atoms with van der Waals surface area (Å²) >= 11 is 5.97. The highest BCUT2D eigenvalue weighted by Gasteiger charge is 2.26. The normalized spacial score (nSPS) is 14.0. The summed E-state index contributed by atoms with van der Waals surface area (Å²) in [5.74, 6) is 0.0257. The number of nitrogen functional groups attached to an aromatic ring is 1. The topological polar surface area (TPSA) is 77.0 Å². The fourth-order valence-electron chi connectivity index (χ4n) is 3.96. The van der Waals surface area contributed by atoms with Gasteiger partial charge in [-0.2, -0.15) is 5.10 Å². The van der Waals surface area contributed by atoms with Gasteiger partial charge in [0, 0.05) is 5.56 Å². The number of aromatic nitrogens is 3. The van der Waals surface area contributed by atoms with Gasteiger partial charge in [-0.05, 0) is 36.1 Å². The monoisotopic (exact) mass is 376 g/mol. The zero-order chi connectivity index (χ0) is 18.5. The van der Waals surface area contributed by atoms with Crippen LogP contribution in [-0.4, -0.2) is 19.9 Å². The molecule has 0 radical (unpaired) electrons. The van der Waals surface area contributed by atoms with Crippen molar-refractivity contribution in [2.24, 2.45) is 0 Å². The molecule has 0 amide bonds. The number of pyridine rings is 1. The number of anilines is 1. The van der Waals surface area contributed by atoms with Crippen molar-refractivity contribution in [1.29, 1.82) is 0 Å².